The molecule has 1 aromatic rings. The number of benzene rings is 1. The SMILES string of the molecule is CCOCC(NS(=O)(=O)c1cc(CN)ccc1Br)C(C)C. The van der Waals surface area contributed by atoms with Crippen molar-refractivity contribution in [2.45, 2.75) is 38.3 Å². The zero-order chi connectivity index (χ0) is 16.0. The highest BCUT2D eigenvalue weighted by molar-refractivity contribution is 9.10. The summed E-state index contributed by atoms with van der Waals surface area (Å²) in [5, 5.41) is 0. The van der Waals surface area contributed by atoms with Crippen LogP contribution in [-0.4, -0.2) is 27.7 Å². The Balaban J connectivity index is 3.04. The van der Waals surface area contributed by atoms with Gasteiger partial charge in [-0.3, -0.25) is 0 Å². The summed E-state index contributed by atoms with van der Waals surface area (Å²) in [7, 11) is -3.63. The molecule has 7 heteroatoms. The third-order valence-corrected chi connectivity index (χ3v) is 5.62. The van der Waals surface area contributed by atoms with Gasteiger partial charge in [-0.2, -0.15) is 0 Å². The maximum Gasteiger partial charge on any atom is 0.242 e. The van der Waals surface area contributed by atoms with Crippen molar-refractivity contribution in [1.82, 2.24) is 4.72 Å². The van der Waals surface area contributed by atoms with E-state index in [1.165, 1.54) is 0 Å². The monoisotopic (exact) mass is 378 g/mol. The molecule has 0 heterocycles. The molecule has 0 aliphatic rings. The molecule has 1 atom stereocenters. The van der Waals surface area contributed by atoms with E-state index in [4.69, 9.17) is 10.5 Å². The molecule has 0 aliphatic heterocycles. The summed E-state index contributed by atoms with van der Waals surface area (Å²) < 4.78 is 33.7. The average Bonchev–Trinajstić information content (AvgIpc) is 2.43. The third kappa shape index (κ3) is 5.34. The molecule has 0 bridgehead atoms. The van der Waals surface area contributed by atoms with Gasteiger partial charge in [0.05, 0.1) is 11.5 Å². The first-order chi connectivity index (χ1) is 9.81. The van der Waals surface area contributed by atoms with Gasteiger partial charge in [0, 0.05) is 23.7 Å². The van der Waals surface area contributed by atoms with Crippen LogP contribution >= 0.6 is 15.9 Å². The van der Waals surface area contributed by atoms with Crippen LogP contribution in [0.4, 0.5) is 0 Å². The smallest absolute Gasteiger partial charge is 0.242 e. The Kier molecular flexibility index (Phi) is 7.29. The van der Waals surface area contributed by atoms with Crippen molar-refractivity contribution in [1.29, 1.82) is 0 Å². The van der Waals surface area contributed by atoms with E-state index >= 15 is 0 Å². The predicted octanol–water partition coefficient (Wildman–Crippen LogP) is 2.25. The van der Waals surface area contributed by atoms with E-state index in [9.17, 15) is 8.42 Å². The Labute approximate surface area is 135 Å². The second-order valence-electron chi connectivity index (χ2n) is 5.10. The Bertz CT molecular complexity index is 561. The van der Waals surface area contributed by atoms with Crippen molar-refractivity contribution in [3.8, 4) is 0 Å². The van der Waals surface area contributed by atoms with E-state index in [1.54, 1.807) is 18.2 Å². The van der Waals surface area contributed by atoms with Crippen LogP contribution < -0.4 is 10.5 Å². The van der Waals surface area contributed by atoms with Crippen LogP contribution in [0.3, 0.4) is 0 Å². The number of nitrogens with one attached hydrogen (secondary N) is 1. The quantitative estimate of drug-likeness (QED) is 0.726. The van der Waals surface area contributed by atoms with E-state index in [1.807, 2.05) is 20.8 Å². The lowest BCUT2D eigenvalue weighted by Crippen LogP contribution is -2.42. The fourth-order valence-corrected chi connectivity index (χ4v) is 4.13. The van der Waals surface area contributed by atoms with Gasteiger partial charge in [0.1, 0.15) is 0 Å². The van der Waals surface area contributed by atoms with Crippen LogP contribution in [0.1, 0.15) is 26.3 Å². The number of ether oxygens (including phenoxy) is 1. The molecule has 120 valence electrons. The molecule has 0 aromatic heterocycles. The molecule has 0 saturated heterocycles. The number of nitrogens with two attached hydrogens (primary N) is 1. The van der Waals surface area contributed by atoms with E-state index in [-0.39, 0.29) is 16.9 Å². The van der Waals surface area contributed by atoms with Crippen molar-refractivity contribution in [2.24, 2.45) is 11.7 Å². The molecule has 0 aliphatic carbocycles. The summed E-state index contributed by atoms with van der Waals surface area (Å²) in [4.78, 5) is 0.201. The van der Waals surface area contributed by atoms with Gasteiger partial charge in [0.15, 0.2) is 0 Å². The normalized spacial score (nSPS) is 13.6. The minimum Gasteiger partial charge on any atom is -0.380 e. The van der Waals surface area contributed by atoms with Crippen molar-refractivity contribution < 1.29 is 13.2 Å². The molecule has 21 heavy (non-hydrogen) atoms. The molecule has 5 nitrogen and oxygen atoms in total. The predicted molar refractivity (Wildman–Crippen MR) is 87.5 cm³/mol. The van der Waals surface area contributed by atoms with Crippen LogP contribution in [-0.2, 0) is 21.3 Å². The van der Waals surface area contributed by atoms with Gasteiger partial charge >= 0.3 is 0 Å². The highest BCUT2D eigenvalue weighted by Crippen LogP contribution is 2.24. The van der Waals surface area contributed by atoms with Crippen molar-refractivity contribution in [2.75, 3.05) is 13.2 Å². The number of hydrogen-bond acceptors (Lipinski definition) is 4. The zero-order valence-corrected chi connectivity index (χ0v) is 15.0. The van der Waals surface area contributed by atoms with E-state index < -0.39 is 10.0 Å². The van der Waals surface area contributed by atoms with Crippen molar-refractivity contribution >= 4 is 26.0 Å². The lowest BCUT2D eigenvalue weighted by atomic mass is 10.1. The molecule has 3 N–H and O–H groups in total. The maximum absolute atomic E-state index is 12.6. The minimum absolute atomic E-state index is 0.128. The number of halogens is 1. The van der Waals surface area contributed by atoms with Crippen LogP contribution in [0.15, 0.2) is 27.6 Å². The summed E-state index contributed by atoms with van der Waals surface area (Å²) in [6, 6.07) is 4.81. The average molecular weight is 379 g/mol. The molecule has 0 spiro atoms. The Hall–Kier alpha value is -0.470. The Morgan fingerprint density at radius 3 is 2.57 bits per heavy atom. The summed E-state index contributed by atoms with van der Waals surface area (Å²) in [6.45, 7) is 6.99. The number of rotatable bonds is 8. The summed E-state index contributed by atoms with van der Waals surface area (Å²) in [6.07, 6.45) is 0. The number of hydrogen-bond donors (Lipinski definition) is 2. The van der Waals surface area contributed by atoms with Crippen LogP contribution in [0.5, 0.6) is 0 Å². The molecule has 0 saturated carbocycles. The van der Waals surface area contributed by atoms with Crippen LogP contribution in [0.2, 0.25) is 0 Å². The van der Waals surface area contributed by atoms with Gasteiger partial charge in [-0.1, -0.05) is 19.9 Å². The minimum atomic E-state index is -3.63. The van der Waals surface area contributed by atoms with Gasteiger partial charge < -0.3 is 10.5 Å². The molecule has 1 rings (SSSR count). The molecule has 0 fully saturated rings. The van der Waals surface area contributed by atoms with E-state index in [0.717, 1.165) is 5.56 Å². The van der Waals surface area contributed by atoms with Crippen LogP contribution in [0, 0.1) is 5.92 Å². The highest BCUT2D eigenvalue weighted by Gasteiger charge is 2.24. The van der Waals surface area contributed by atoms with E-state index in [2.05, 4.69) is 20.7 Å². The maximum atomic E-state index is 12.6. The molecule has 1 aromatic carbocycles. The fraction of sp³-hybridized carbons (Fsp3) is 0.571. The molecular weight excluding hydrogens is 356 g/mol. The lowest BCUT2D eigenvalue weighted by Gasteiger charge is -2.22. The summed E-state index contributed by atoms with van der Waals surface area (Å²) in [5.74, 6) is 0.128. The topological polar surface area (TPSA) is 81.4 Å². The molecular formula is C14H23BrN2O3S. The van der Waals surface area contributed by atoms with Gasteiger partial charge in [-0.15, -0.1) is 0 Å². The number of sulfonamides is 1. The third-order valence-electron chi connectivity index (χ3n) is 3.13. The Morgan fingerprint density at radius 1 is 1.38 bits per heavy atom. The largest absolute Gasteiger partial charge is 0.380 e. The van der Waals surface area contributed by atoms with Crippen molar-refractivity contribution in [3.63, 3.8) is 0 Å². The van der Waals surface area contributed by atoms with E-state index in [0.29, 0.717) is 24.2 Å². The van der Waals surface area contributed by atoms with Gasteiger partial charge in [0.2, 0.25) is 10.0 Å². The second-order valence-corrected chi connectivity index (χ2v) is 7.64. The van der Waals surface area contributed by atoms with Crippen molar-refractivity contribution in [3.05, 3.63) is 28.2 Å². The first-order valence-corrected chi connectivity index (χ1v) is 9.18. The first kappa shape index (κ1) is 18.6. The lowest BCUT2D eigenvalue weighted by molar-refractivity contribution is 0.116. The fourth-order valence-electron chi connectivity index (χ4n) is 1.75. The zero-order valence-electron chi connectivity index (χ0n) is 12.6. The molecule has 0 radical (unpaired) electrons. The summed E-state index contributed by atoms with van der Waals surface area (Å²) >= 11 is 3.28. The van der Waals surface area contributed by atoms with Gasteiger partial charge in [0.25, 0.3) is 0 Å². The first-order valence-electron chi connectivity index (χ1n) is 6.90. The highest BCUT2D eigenvalue weighted by atomic mass is 79.9. The second kappa shape index (κ2) is 8.24. The van der Waals surface area contributed by atoms with Crippen LogP contribution in [0.25, 0.3) is 0 Å². The standard InChI is InChI=1S/C14H23BrN2O3S/c1-4-20-9-13(10(2)3)17-21(18,19)14-7-11(8-16)5-6-12(14)15/h5-7,10,13,17H,4,8-9,16H2,1-3H3. The molecule has 1 unspecified atom stereocenters. The Morgan fingerprint density at radius 2 is 2.05 bits per heavy atom. The summed E-state index contributed by atoms with van der Waals surface area (Å²) in [5.41, 5.74) is 6.34. The molecule has 0 amide bonds. The van der Waals surface area contributed by atoms with Gasteiger partial charge in [-0.05, 0) is 46.5 Å². The van der Waals surface area contributed by atoms with Gasteiger partial charge in [-0.25, -0.2) is 13.1 Å².